The van der Waals surface area contributed by atoms with Crippen LogP contribution in [0.25, 0.3) is 0 Å². The highest BCUT2D eigenvalue weighted by Crippen LogP contribution is 2.49. The molecule has 3 atom stereocenters. The fraction of sp³-hybridized carbons (Fsp3) is 0.345. The summed E-state index contributed by atoms with van der Waals surface area (Å²) >= 11 is 0. The summed E-state index contributed by atoms with van der Waals surface area (Å²) in [5.74, 6) is 1.68. The normalized spacial score (nSPS) is 23.5. The van der Waals surface area contributed by atoms with Crippen molar-refractivity contribution in [2.45, 2.75) is 38.0 Å². The van der Waals surface area contributed by atoms with Crippen LogP contribution in [0.3, 0.4) is 0 Å². The number of benzene rings is 3. The van der Waals surface area contributed by atoms with Crippen molar-refractivity contribution in [2.75, 3.05) is 18.0 Å². The Morgan fingerprint density at radius 3 is 2.31 bits per heavy atom. The van der Waals surface area contributed by atoms with Crippen LogP contribution in [0, 0.1) is 11.8 Å². The van der Waals surface area contributed by atoms with Crippen LogP contribution in [0.1, 0.15) is 53.9 Å². The Morgan fingerprint density at radius 1 is 0.906 bits per heavy atom. The lowest BCUT2D eigenvalue weighted by atomic mass is 9.64. The third kappa shape index (κ3) is 3.92. The number of phenols is 1. The number of anilines is 1. The van der Waals surface area contributed by atoms with Crippen molar-refractivity contribution in [3.05, 3.63) is 95.1 Å². The lowest BCUT2D eigenvalue weighted by Crippen LogP contribution is -2.34. The van der Waals surface area contributed by atoms with Gasteiger partial charge in [0.05, 0.1) is 0 Å². The first-order valence-corrected chi connectivity index (χ1v) is 11.8. The van der Waals surface area contributed by atoms with Gasteiger partial charge in [0.1, 0.15) is 12.0 Å². The smallest absolute Gasteiger partial charge is 0.123 e. The largest absolute Gasteiger partial charge is 0.508 e. The number of nitrogens with zero attached hydrogens (tertiary/aromatic N) is 1. The summed E-state index contributed by atoms with van der Waals surface area (Å²) in [5.41, 5.74) is 6.53. The van der Waals surface area contributed by atoms with Crippen molar-refractivity contribution in [1.29, 1.82) is 0 Å². The van der Waals surface area contributed by atoms with Crippen LogP contribution < -0.4 is 4.90 Å². The van der Waals surface area contributed by atoms with Gasteiger partial charge in [0, 0.05) is 30.6 Å². The number of hydrogen-bond donors (Lipinski definition) is 1. The summed E-state index contributed by atoms with van der Waals surface area (Å²) in [6, 6.07) is 25.8. The predicted molar refractivity (Wildman–Crippen MR) is 129 cm³/mol. The number of fused-ring (bicyclic) bond motifs is 1. The van der Waals surface area contributed by atoms with Crippen molar-refractivity contribution in [2.24, 2.45) is 11.8 Å². The molecule has 1 N–H and O–H groups in total. The maximum Gasteiger partial charge on any atom is 0.123 e. The minimum absolute atomic E-state index is 0.216. The minimum atomic E-state index is 0.216. The van der Waals surface area contributed by atoms with Gasteiger partial charge in [-0.1, -0.05) is 55.5 Å². The monoisotopic (exact) mass is 425 g/mol. The van der Waals surface area contributed by atoms with Gasteiger partial charge in [0.15, 0.2) is 0 Å². The molecule has 1 fully saturated rings. The maximum absolute atomic E-state index is 11.1. The van der Waals surface area contributed by atoms with Crippen molar-refractivity contribution >= 4 is 12.0 Å². The van der Waals surface area contributed by atoms with Gasteiger partial charge in [-0.05, 0) is 77.6 Å². The van der Waals surface area contributed by atoms with Crippen molar-refractivity contribution in [1.82, 2.24) is 0 Å². The number of piperidine rings is 1. The quantitative estimate of drug-likeness (QED) is 0.528. The summed E-state index contributed by atoms with van der Waals surface area (Å²) < 4.78 is 0. The van der Waals surface area contributed by atoms with Crippen LogP contribution in [-0.4, -0.2) is 24.5 Å². The number of aromatic hydroxyl groups is 1. The van der Waals surface area contributed by atoms with Crippen molar-refractivity contribution in [3.63, 3.8) is 0 Å². The number of carbonyl (C=O) groups excluding carboxylic acids is 1. The molecular formula is C29H31NO2. The van der Waals surface area contributed by atoms with E-state index in [4.69, 9.17) is 0 Å². The third-order valence-corrected chi connectivity index (χ3v) is 7.51. The maximum atomic E-state index is 11.1. The van der Waals surface area contributed by atoms with Gasteiger partial charge in [0.25, 0.3) is 0 Å². The highest BCUT2D eigenvalue weighted by molar-refractivity contribution is 5.56. The Labute approximate surface area is 190 Å². The van der Waals surface area contributed by atoms with E-state index in [-0.39, 0.29) is 11.8 Å². The van der Waals surface area contributed by atoms with E-state index in [0.29, 0.717) is 17.6 Å². The molecule has 1 heterocycles. The standard InChI is InChI=1S/C29H31NO2/c1-20-17-24-18-26(32)11-12-27(24)29(28(20)22-5-3-2-4-6-22)23-7-9-25(10-8-23)30-15-13-21(19-31)14-16-30/h2-12,18-21,28-29,32H,13-17H2,1H3/t20-,28+,29+/m1/s1. The zero-order valence-electron chi connectivity index (χ0n) is 18.7. The topological polar surface area (TPSA) is 40.5 Å². The Balaban J connectivity index is 1.51. The molecular weight excluding hydrogens is 394 g/mol. The van der Waals surface area contributed by atoms with Crippen molar-refractivity contribution in [3.8, 4) is 5.75 Å². The highest BCUT2D eigenvalue weighted by Gasteiger charge is 2.36. The molecule has 1 aliphatic heterocycles. The first-order valence-electron chi connectivity index (χ1n) is 11.8. The molecule has 0 radical (unpaired) electrons. The molecule has 0 amide bonds. The second kappa shape index (κ2) is 8.82. The van der Waals surface area contributed by atoms with E-state index in [1.54, 1.807) is 0 Å². The average Bonchev–Trinajstić information content (AvgIpc) is 2.84. The zero-order valence-corrected chi connectivity index (χ0v) is 18.7. The minimum Gasteiger partial charge on any atom is -0.508 e. The number of aldehydes is 1. The number of phenolic OH excluding ortho intramolecular Hbond substituents is 1. The average molecular weight is 426 g/mol. The van der Waals surface area contributed by atoms with Gasteiger partial charge in [-0.2, -0.15) is 0 Å². The molecule has 2 aliphatic rings. The molecule has 0 unspecified atom stereocenters. The molecule has 3 nitrogen and oxygen atoms in total. The van der Waals surface area contributed by atoms with Crippen LogP contribution in [0.4, 0.5) is 5.69 Å². The summed E-state index contributed by atoms with van der Waals surface area (Å²) in [7, 11) is 0. The second-order valence-corrected chi connectivity index (χ2v) is 9.53. The van der Waals surface area contributed by atoms with Gasteiger partial charge in [-0.25, -0.2) is 0 Å². The first-order chi connectivity index (χ1) is 15.6. The fourth-order valence-electron chi connectivity index (χ4n) is 5.84. The van der Waals surface area contributed by atoms with E-state index in [9.17, 15) is 9.90 Å². The van der Waals surface area contributed by atoms with Gasteiger partial charge < -0.3 is 14.8 Å². The number of carbonyl (C=O) groups is 1. The second-order valence-electron chi connectivity index (χ2n) is 9.53. The van der Waals surface area contributed by atoms with E-state index >= 15 is 0 Å². The van der Waals surface area contributed by atoms with E-state index < -0.39 is 0 Å². The first kappa shape index (κ1) is 20.8. The Kier molecular flexibility index (Phi) is 5.73. The third-order valence-electron chi connectivity index (χ3n) is 7.51. The molecule has 0 spiro atoms. The summed E-state index contributed by atoms with van der Waals surface area (Å²) in [5, 5.41) is 10.1. The summed E-state index contributed by atoms with van der Waals surface area (Å²) in [4.78, 5) is 13.5. The van der Waals surface area contributed by atoms with Gasteiger partial charge >= 0.3 is 0 Å². The van der Waals surface area contributed by atoms with E-state index in [2.05, 4.69) is 72.5 Å². The molecule has 3 heteroatoms. The van der Waals surface area contributed by atoms with Crippen LogP contribution in [-0.2, 0) is 11.2 Å². The van der Waals surface area contributed by atoms with Crippen LogP contribution in [0.15, 0.2) is 72.8 Å². The molecule has 164 valence electrons. The van der Waals surface area contributed by atoms with Gasteiger partial charge in [0.2, 0.25) is 0 Å². The van der Waals surface area contributed by atoms with Crippen molar-refractivity contribution < 1.29 is 9.90 Å². The van der Waals surface area contributed by atoms with Gasteiger partial charge in [-0.15, -0.1) is 0 Å². The molecule has 3 aromatic rings. The zero-order chi connectivity index (χ0) is 22.1. The summed E-state index contributed by atoms with van der Waals surface area (Å²) in [6.07, 6.45) is 3.98. The van der Waals surface area contributed by atoms with Crippen LogP contribution in [0.2, 0.25) is 0 Å². The Bertz CT molecular complexity index is 1070. The lowest BCUT2D eigenvalue weighted by molar-refractivity contribution is -0.111. The number of rotatable bonds is 4. The molecule has 0 saturated carbocycles. The molecule has 1 aliphatic carbocycles. The number of hydrogen-bond acceptors (Lipinski definition) is 3. The van der Waals surface area contributed by atoms with E-state index in [1.807, 2.05) is 12.1 Å². The molecule has 32 heavy (non-hydrogen) atoms. The Hall–Kier alpha value is -3.07. The van der Waals surface area contributed by atoms with Gasteiger partial charge in [-0.3, -0.25) is 0 Å². The molecule has 0 bridgehead atoms. The SMILES string of the molecule is C[C@@H]1Cc2cc(O)ccc2[C@H](c2ccc(N3CCC(C=O)CC3)cc2)[C@@H]1c1ccccc1. The van der Waals surface area contributed by atoms with Crippen LogP contribution >= 0.6 is 0 Å². The highest BCUT2D eigenvalue weighted by atomic mass is 16.3. The molecule has 3 aromatic carbocycles. The molecule has 5 rings (SSSR count). The lowest BCUT2D eigenvalue weighted by Gasteiger charge is -2.39. The molecule has 1 saturated heterocycles. The summed E-state index contributed by atoms with van der Waals surface area (Å²) in [6.45, 7) is 4.22. The predicted octanol–water partition coefficient (Wildman–Crippen LogP) is 5.92. The van der Waals surface area contributed by atoms with E-state index in [0.717, 1.165) is 38.6 Å². The molecule has 0 aromatic heterocycles. The van der Waals surface area contributed by atoms with E-state index in [1.165, 1.54) is 27.9 Å². The fourth-order valence-corrected chi connectivity index (χ4v) is 5.84. The Morgan fingerprint density at radius 2 is 1.62 bits per heavy atom. The van der Waals surface area contributed by atoms with Crippen LogP contribution in [0.5, 0.6) is 5.75 Å².